The Balaban J connectivity index is 3.01. The SMILES string of the molecule is C=C[C@H](O)[C@H]1OC(C)(C)O[C@@]1(C=C)CO. The summed E-state index contributed by atoms with van der Waals surface area (Å²) in [6.07, 6.45) is 1.21. The summed E-state index contributed by atoms with van der Waals surface area (Å²) in [5, 5.41) is 19.0. The Morgan fingerprint density at radius 3 is 2.47 bits per heavy atom. The number of aliphatic hydroxyl groups excluding tert-OH is 2. The molecular weight excluding hydrogens is 196 g/mol. The minimum atomic E-state index is -1.07. The number of hydrogen-bond donors (Lipinski definition) is 2. The van der Waals surface area contributed by atoms with Gasteiger partial charge in [-0.25, -0.2) is 0 Å². The van der Waals surface area contributed by atoms with Crippen LogP contribution < -0.4 is 0 Å². The van der Waals surface area contributed by atoms with Gasteiger partial charge in [0, 0.05) is 0 Å². The molecule has 4 heteroatoms. The van der Waals surface area contributed by atoms with Crippen LogP contribution in [0.4, 0.5) is 0 Å². The van der Waals surface area contributed by atoms with E-state index in [4.69, 9.17) is 9.47 Å². The normalized spacial score (nSPS) is 36.1. The minimum absolute atomic E-state index is 0.296. The van der Waals surface area contributed by atoms with Crippen molar-refractivity contribution in [1.29, 1.82) is 0 Å². The first-order valence-electron chi connectivity index (χ1n) is 4.84. The van der Waals surface area contributed by atoms with Crippen molar-refractivity contribution in [2.75, 3.05) is 6.61 Å². The van der Waals surface area contributed by atoms with Gasteiger partial charge < -0.3 is 19.7 Å². The predicted octanol–water partition coefficient (Wildman–Crippen LogP) is 0.602. The van der Waals surface area contributed by atoms with Gasteiger partial charge in [-0.05, 0) is 13.8 Å². The van der Waals surface area contributed by atoms with Crippen molar-refractivity contribution < 1.29 is 19.7 Å². The molecule has 0 aliphatic carbocycles. The van der Waals surface area contributed by atoms with Crippen LogP contribution in [-0.4, -0.2) is 40.4 Å². The lowest BCUT2D eigenvalue weighted by molar-refractivity contribution is -0.163. The van der Waals surface area contributed by atoms with Crippen LogP contribution in [0.5, 0.6) is 0 Å². The molecule has 0 unspecified atom stereocenters. The van der Waals surface area contributed by atoms with Crippen molar-refractivity contribution in [2.45, 2.75) is 37.4 Å². The van der Waals surface area contributed by atoms with Gasteiger partial charge in [-0.15, -0.1) is 13.2 Å². The maximum atomic E-state index is 9.71. The van der Waals surface area contributed by atoms with Crippen molar-refractivity contribution >= 4 is 0 Å². The van der Waals surface area contributed by atoms with E-state index < -0.39 is 23.6 Å². The zero-order chi connectivity index (χ0) is 11.7. The molecule has 1 aliphatic heterocycles. The van der Waals surface area contributed by atoms with Crippen molar-refractivity contribution in [3.63, 3.8) is 0 Å². The van der Waals surface area contributed by atoms with Crippen LogP contribution in [0.15, 0.2) is 25.3 Å². The first-order chi connectivity index (χ1) is 6.90. The molecule has 0 aromatic rings. The summed E-state index contributed by atoms with van der Waals surface area (Å²) < 4.78 is 11.1. The first-order valence-corrected chi connectivity index (χ1v) is 4.84. The Morgan fingerprint density at radius 1 is 1.47 bits per heavy atom. The van der Waals surface area contributed by atoms with Gasteiger partial charge >= 0.3 is 0 Å². The third-order valence-electron chi connectivity index (χ3n) is 2.47. The van der Waals surface area contributed by atoms with Crippen LogP contribution in [0.1, 0.15) is 13.8 Å². The molecule has 1 heterocycles. The summed E-state index contributed by atoms with van der Waals surface area (Å²) in [6.45, 7) is 10.2. The van der Waals surface area contributed by atoms with Crippen LogP contribution in [0.2, 0.25) is 0 Å². The maximum absolute atomic E-state index is 9.71. The fourth-order valence-corrected chi connectivity index (χ4v) is 1.77. The number of ether oxygens (including phenoxy) is 2. The zero-order valence-corrected chi connectivity index (χ0v) is 9.14. The van der Waals surface area contributed by atoms with Crippen molar-refractivity contribution in [2.24, 2.45) is 0 Å². The third-order valence-corrected chi connectivity index (χ3v) is 2.47. The van der Waals surface area contributed by atoms with Gasteiger partial charge in [0.2, 0.25) is 0 Å². The maximum Gasteiger partial charge on any atom is 0.164 e. The molecule has 1 fully saturated rings. The molecule has 1 saturated heterocycles. The summed E-state index contributed by atoms with van der Waals surface area (Å²) in [7, 11) is 0. The van der Waals surface area contributed by atoms with Gasteiger partial charge in [0.15, 0.2) is 5.79 Å². The Kier molecular flexibility index (Phi) is 3.35. The quantitative estimate of drug-likeness (QED) is 0.673. The average Bonchev–Trinajstić information content (AvgIpc) is 2.49. The van der Waals surface area contributed by atoms with Gasteiger partial charge in [0.25, 0.3) is 0 Å². The van der Waals surface area contributed by atoms with E-state index >= 15 is 0 Å². The molecule has 2 N–H and O–H groups in total. The standard InChI is InChI=1S/C11H18O4/c1-5-8(13)9-11(6-2,7-12)15-10(3,4)14-9/h5-6,8-9,12-13H,1-2,7H2,3-4H3/t8-,9+,11-/m0/s1. The van der Waals surface area contributed by atoms with Gasteiger partial charge in [-0.2, -0.15) is 0 Å². The molecule has 0 saturated carbocycles. The molecule has 15 heavy (non-hydrogen) atoms. The van der Waals surface area contributed by atoms with Crippen LogP contribution >= 0.6 is 0 Å². The fourth-order valence-electron chi connectivity index (χ4n) is 1.77. The van der Waals surface area contributed by atoms with Crippen molar-refractivity contribution in [3.05, 3.63) is 25.3 Å². The highest BCUT2D eigenvalue weighted by molar-refractivity contribution is 5.12. The molecule has 1 aliphatic rings. The topological polar surface area (TPSA) is 58.9 Å². The Bertz CT molecular complexity index is 261. The molecule has 1 rings (SSSR count). The lowest BCUT2D eigenvalue weighted by Gasteiger charge is -2.29. The van der Waals surface area contributed by atoms with Gasteiger partial charge in [-0.1, -0.05) is 12.2 Å². The molecule has 0 aromatic carbocycles. The highest BCUT2D eigenvalue weighted by Gasteiger charge is 2.53. The van der Waals surface area contributed by atoms with E-state index in [0.717, 1.165) is 0 Å². The highest BCUT2D eigenvalue weighted by Crippen LogP contribution is 2.38. The van der Waals surface area contributed by atoms with Crippen LogP contribution in [-0.2, 0) is 9.47 Å². The van der Waals surface area contributed by atoms with E-state index in [0.29, 0.717) is 0 Å². The van der Waals surface area contributed by atoms with Crippen LogP contribution in [0, 0.1) is 0 Å². The Labute approximate surface area is 89.8 Å². The lowest BCUT2D eigenvalue weighted by atomic mass is 9.93. The highest BCUT2D eigenvalue weighted by atomic mass is 16.8. The molecule has 0 amide bonds. The summed E-state index contributed by atoms with van der Waals surface area (Å²) >= 11 is 0. The first kappa shape index (κ1) is 12.4. The van der Waals surface area contributed by atoms with Crippen LogP contribution in [0.25, 0.3) is 0 Å². The molecule has 4 nitrogen and oxygen atoms in total. The average molecular weight is 214 g/mol. The Hall–Kier alpha value is -0.680. The molecule has 86 valence electrons. The second-order valence-corrected chi connectivity index (χ2v) is 4.08. The molecular formula is C11H18O4. The number of rotatable bonds is 4. The minimum Gasteiger partial charge on any atom is -0.393 e. The summed E-state index contributed by atoms with van der Waals surface area (Å²) in [5.41, 5.74) is -1.07. The Morgan fingerprint density at radius 2 is 2.07 bits per heavy atom. The van der Waals surface area contributed by atoms with E-state index in [9.17, 15) is 10.2 Å². The second-order valence-electron chi connectivity index (χ2n) is 4.08. The van der Waals surface area contributed by atoms with E-state index in [1.165, 1.54) is 12.2 Å². The van der Waals surface area contributed by atoms with Crippen molar-refractivity contribution in [3.8, 4) is 0 Å². The monoisotopic (exact) mass is 214 g/mol. The van der Waals surface area contributed by atoms with Gasteiger partial charge in [0.05, 0.1) is 6.61 Å². The largest absolute Gasteiger partial charge is 0.393 e. The van der Waals surface area contributed by atoms with Crippen LogP contribution in [0.3, 0.4) is 0 Å². The molecule has 3 atom stereocenters. The number of hydrogen-bond acceptors (Lipinski definition) is 4. The van der Waals surface area contributed by atoms with Gasteiger partial charge in [0.1, 0.15) is 17.8 Å². The van der Waals surface area contributed by atoms with E-state index in [1.807, 2.05) is 0 Å². The second kappa shape index (κ2) is 4.06. The smallest absolute Gasteiger partial charge is 0.164 e. The summed E-state index contributed by atoms with van der Waals surface area (Å²) in [5.74, 6) is -0.856. The van der Waals surface area contributed by atoms with E-state index in [2.05, 4.69) is 13.2 Å². The molecule has 0 spiro atoms. The van der Waals surface area contributed by atoms with E-state index in [-0.39, 0.29) is 6.61 Å². The number of aliphatic hydroxyl groups is 2. The van der Waals surface area contributed by atoms with Gasteiger partial charge in [-0.3, -0.25) is 0 Å². The molecule has 0 aromatic heterocycles. The molecule has 0 bridgehead atoms. The lowest BCUT2D eigenvalue weighted by Crippen LogP contribution is -2.47. The predicted molar refractivity (Wildman–Crippen MR) is 56.3 cm³/mol. The fraction of sp³-hybridized carbons (Fsp3) is 0.636. The summed E-state index contributed by atoms with van der Waals surface area (Å²) in [6, 6.07) is 0. The molecule has 0 radical (unpaired) electrons. The van der Waals surface area contributed by atoms with Crippen molar-refractivity contribution in [1.82, 2.24) is 0 Å². The van der Waals surface area contributed by atoms with E-state index in [1.54, 1.807) is 13.8 Å². The zero-order valence-electron chi connectivity index (χ0n) is 9.14. The summed E-state index contributed by atoms with van der Waals surface area (Å²) in [4.78, 5) is 0. The third kappa shape index (κ3) is 2.13.